The number of halogens is 1. The number of Topliss-reactive ketones (excluding diaryl/α,β-unsaturated/α-hetero) is 1. The first-order valence-corrected chi connectivity index (χ1v) is 8.72. The van der Waals surface area contributed by atoms with Crippen LogP contribution >= 0.6 is 23.4 Å². The van der Waals surface area contributed by atoms with Crippen LogP contribution in [0.5, 0.6) is 0 Å². The van der Waals surface area contributed by atoms with Crippen molar-refractivity contribution in [3.05, 3.63) is 64.2 Å². The van der Waals surface area contributed by atoms with Crippen molar-refractivity contribution in [3.63, 3.8) is 0 Å². The monoisotopic (exact) mass is 358 g/mol. The molecule has 0 aliphatic heterocycles. The standard InChI is InChI=1S/C18H15ClN2O2S/c1-11-3-4-12(2)15(9-11)16(22)10-24-18-21-20-17(23-18)13-5-7-14(19)8-6-13/h3-9H,10H2,1-2H3. The normalized spacial score (nSPS) is 10.8. The number of thioether (sulfide) groups is 1. The van der Waals surface area contributed by atoms with Crippen molar-refractivity contribution in [2.75, 3.05) is 5.75 Å². The summed E-state index contributed by atoms with van der Waals surface area (Å²) >= 11 is 7.10. The lowest BCUT2D eigenvalue weighted by Gasteiger charge is -2.04. The van der Waals surface area contributed by atoms with E-state index in [4.69, 9.17) is 16.0 Å². The number of aryl methyl sites for hydroxylation is 2. The third-order valence-corrected chi connectivity index (χ3v) is 4.59. The maximum atomic E-state index is 12.4. The van der Waals surface area contributed by atoms with E-state index in [1.165, 1.54) is 11.8 Å². The number of ketones is 1. The molecule has 0 spiro atoms. The average molecular weight is 359 g/mol. The number of hydrogen-bond acceptors (Lipinski definition) is 5. The minimum atomic E-state index is 0.0486. The van der Waals surface area contributed by atoms with Crippen molar-refractivity contribution in [1.82, 2.24) is 10.2 Å². The molecule has 2 aromatic carbocycles. The number of hydrogen-bond donors (Lipinski definition) is 0. The molecule has 4 nitrogen and oxygen atoms in total. The number of benzene rings is 2. The minimum absolute atomic E-state index is 0.0486. The highest BCUT2D eigenvalue weighted by molar-refractivity contribution is 7.99. The molecular formula is C18H15ClN2O2S. The van der Waals surface area contributed by atoms with Crippen molar-refractivity contribution in [2.45, 2.75) is 19.1 Å². The van der Waals surface area contributed by atoms with E-state index in [1.54, 1.807) is 12.1 Å². The van der Waals surface area contributed by atoms with Crippen molar-refractivity contribution >= 4 is 29.1 Å². The summed E-state index contributed by atoms with van der Waals surface area (Å²) in [6.45, 7) is 3.91. The SMILES string of the molecule is Cc1ccc(C)c(C(=O)CSc2nnc(-c3ccc(Cl)cc3)o2)c1. The summed E-state index contributed by atoms with van der Waals surface area (Å²) in [7, 11) is 0. The summed E-state index contributed by atoms with van der Waals surface area (Å²) in [5.74, 6) is 0.716. The first kappa shape index (κ1) is 16.7. The topological polar surface area (TPSA) is 56.0 Å². The molecule has 0 N–H and O–H groups in total. The van der Waals surface area contributed by atoms with Crippen molar-refractivity contribution in [1.29, 1.82) is 0 Å². The van der Waals surface area contributed by atoms with E-state index in [1.807, 2.05) is 44.2 Å². The van der Waals surface area contributed by atoms with Gasteiger partial charge in [-0.15, -0.1) is 10.2 Å². The van der Waals surface area contributed by atoms with Crippen LogP contribution in [-0.4, -0.2) is 21.7 Å². The van der Waals surface area contributed by atoms with Crippen LogP contribution in [0.3, 0.4) is 0 Å². The summed E-state index contributed by atoms with van der Waals surface area (Å²) in [5, 5.41) is 9.01. The molecule has 1 heterocycles. The van der Waals surface area contributed by atoms with Crippen LogP contribution < -0.4 is 0 Å². The second-order valence-electron chi connectivity index (χ2n) is 5.41. The first-order chi connectivity index (χ1) is 11.5. The molecule has 0 aliphatic rings. The average Bonchev–Trinajstić information content (AvgIpc) is 3.04. The van der Waals surface area contributed by atoms with E-state index in [0.717, 1.165) is 22.3 Å². The van der Waals surface area contributed by atoms with Crippen LogP contribution in [0.2, 0.25) is 5.02 Å². The van der Waals surface area contributed by atoms with Gasteiger partial charge in [-0.25, -0.2) is 0 Å². The maximum absolute atomic E-state index is 12.4. The molecule has 122 valence electrons. The number of carbonyl (C=O) groups is 1. The zero-order valence-electron chi connectivity index (χ0n) is 13.2. The Morgan fingerprint density at radius 2 is 1.88 bits per heavy atom. The van der Waals surface area contributed by atoms with Gasteiger partial charge in [0.05, 0.1) is 5.75 Å². The molecule has 0 amide bonds. The van der Waals surface area contributed by atoms with Crippen LogP contribution in [0.4, 0.5) is 0 Å². The van der Waals surface area contributed by atoms with Gasteiger partial charge in [-0.2, -0.15) is 0 Å². The number of carbonyl (C=O) groups excluding carboxylic acids is 1. The molecule has 24 heavy (non-hydrogen) atoms. The van der Waals surface area contributed by atoms with Gasteiger partial charge >= 0.3 is 0 Å². The molecule has 0 bridgehead atoms. The minimum Gasteiger partial charge on any atom is -0.411 e. The van der Waals surface area contributed by atoms with Gasteiger partial charge in [0.25, 0.3) is 5.22 Å². The van der Waals surface area contributed by atoms with E-state index >= 15 is 0 Å². The van der Waals surface area contributed by atoms with Crippen LogP contribution in [0, 0.1) is 13.8 Å². The van der Waals surface area contributed by atoms with Crippen molar-refractivity contribution in [2.24, 2.45) is 0 Å². The second kappa shape index (κ2) is 7.20. The van der Waals surface area contributed by atoms with Gasteiger partial charge in [0.2, 0.25) is 5.89 Å². The highest BCUT2D eigenvalue weighted by Gasteiger charge is 2.14. The molecule has 0 saturated heterocycles. The molecule has 3 aromatic rings. The Morgan fingerprint density at radius 1 is 1.12 bits per heavy atom. The molecular weight excluding hydrogens is 344 g/mol. The fraction of sp³-hybridized carbons (Fsp3) is 0.167. The van der Waals surface area contributed by atoms with E-state index in [2.05, 4.69) is 10.2 Å². The zero-order valence-corrected chi connectivity index (χ0v) is 14.8. The number of aromatic nitrogens is 2. The Bertz CT molecular complexity index is 875. The summed E-state index contributed by atoms with van der Waals surface area (Å²) in [6, 6.07) is 13.0. The van der Waals surface area contributed by atoms with Crippen LogP contribution in [0.1, 0.15) is 21.5 Å². The predicted octanol–water partition coefficient (Wildman–Crippen LogP) is 4.98. The fourth-order valence-corrected chi connectivity index (χ4v) is 2.99. The van der Waals surface area contributed by atoms with E-state index < -0.39 is 0 Å². The molecule has 1 aromatic heterocycles. The lowest BCUT2D eigenvalue weighted by atomic mass is 10.0. The quantitative estimate of drug-likeness (QED) is 0.475. The van der Waals surface area contributed by atoms with Gasteiger partial charge in [-0.1, -0.05) is 41.1 Å². The van der Waals surface area contributed by atoms with Gasteiger partial charge in [0.1, 0.15) is 0 Å². The van der Waals surface area contributed by atoms with E-state index in [0.29, 0.717) is 16.1 Å². The van der Waals surface area contributed by atoms with Crippen LogP contribution in [0.25, 0.3) is 11.5 Å². The Kier molecular flexibility index (Phi) is 5.02. The Morgan fingerprint density at radius 3 is 2.62 bits per heavy atom. The van der Waals surface area contributed by atoms with Gasteiger partial charge < -0.3 is 4.42 Å². The van der Waals surface area contributed by atoms with Gasteiger partial charge in [-0.3, -0.25) is 4.79 Å². The summed E-state index contributed by atoms with van der Waals surface area (Å²) in [5.41, 5.74) is 3.56. The van der Waals surface area contributed by atoms with Crippen LogP contribution in [0.15, 0.2) is 52.1 Å². The van der Waals surface area contributed by atoms with E-state index in [-0.39, 0.29) is 11.5 Å². The Hall–Kier alpha value is -2.11. The molecule has 0 radical (unpaired) electrons. The molecule has 0 fully saturated rings. The number of nitrogens with zero attached hydrogens (tertiary/aromatic N) is 2. The second-order valence-corrected chi connectivity index (χ2v) is 6.77. The third-order valence-electron chi connectivity index (χ3n) is 3.52. The highest BCUT2D eigenvalue weighted by atomic mass is 35.5. The third kappa shape index (κ3) is 3.86. The van der Waals surface area contributed by atoms with Gasteiger partial charge in [0.15, 0.2) is 5.78 Å². The molecule has 3 rings (SSSR count). The molecule has 0 unspecified atom stereocenters. The molecule has 0 aliphatic carbocycles. The van der Waals surface area contributed by atoms with Crippen LogP contribution in [-0.2, 0) is 0 Å². The lowest BCUT2D eigenvalue weighted by Crippen LogP contribution is -2.05. The van der Waals surface area contributed by atoms with Crippen molar-refractivity contribution < 1.29 is 9.21 Å². The summed E-state index contributed by atoms with van der Waals surface area (Å²) in [6.07, 6.45) is 0. The van der Waals surface area contributed by atoms with E-state index in [9.17, 15) is 4.79 Å². The van der Waals surface area contributed by atoms with Gasteiger partial charge in [0, 0.05) is 16.1 Å². The van der Waals surface area contributed by atoms with Gasteiger partial charge in [-0.05, 0) is 49.7 Å². The molecule has 0 atom stereocenters. The molecule has 6 heteroatoms. The molecule has 0 saturated carbocycles. The summed E-state index contributed by atoms with van der Waals surface area (Å²) in [4.78, 5) is 12.4. The first-order valence-electron chi connectivity index (χ1n) is 7.35. The highest BCUT2D eigenvalue weighted by Crippen LogP contribution is 2.25. The number of rotatable bonds is 5. The van der Waals surface area contributed by atoms with Crippen molar-refractivity contribution in [3.8, 4) is 11.5 Å². The predicted molar refractivity (Wildman–Crippen MR) is 95.7 cm³/mol. The Balaban J connectivity index is 1.68. The summed E-state index contributed by atoms with van der Waals surface area (Å²) < 4.78 is 5.60. The fourth-order valence-electron chi connectivity index (χ4n) is 2.22. The maximum Gasteiger partial charge on any atom is 0.277 e. The lowest BCUT2D eigenvalue weighted by molar-refractivity contribution is 0.102. The Labute approximate surface area is 149 Å². The smallest absolute Gasteiger partial charge is 0.277 e. The largest absolute Gasteiger partial charge is 0.411 e. The zero-order chi connectivity index (χ0) is 17.1.